The molecule has 0 fully saturated rings. The molecule has 3 heteroatoms. The normalized spacial score (nSPS) is 10.0. The minimum absolute atomic E-state index is 0.253. The summed E-state index contributed by atoms with van der Waals surface area (Å²) in [4.78, 5) is 0. The Morgan fingerprint density at radius 2 is 2.09 bits per heavy atom. The van der Waals surface area contributed by atoms with Gasteiger partial charge in [0.1, 0.15) is 0 Å². The highest BCUT2D eigenvalue weighted by Crippen LogP contribution is 1.97. The summed E-state index contributed by atoms with van der Waals surface area (Å²) >= 11 is 5.79. The summed E-state index contributed by atoms with van der Waals surface area (Å²) in [6.07, 6.45) is 4.83. The van der Waals surface area contributed by atoms with Crippen LogP contribution in [0.1, 0.15) is 32.6 Å². The first-order chi connectivity index (χ1) is 5.41. The Morgan fingerprint density at radius 1 is 1.27 bits per heavy atom. The second kappa shape index (κ2) is 10.8. The SMILES string of the molecule is CCCC[O][Al][CH2]CCCCl. The largest absolute Gasteiger partial charge is 0.507 e. The molecule has 11 heavy (non-hydrogen) atoms. The van der Waals surface area contributed by atoms with Crippen LogP contribution in [-0.4, -0.2) is 28.0 Å². The summed E-state index contributed by atoms with van der Waals surface area (Å²) in [5, 5.41) is 1.25. The summed E-state index contributed by atoms with van der Waals surface area (Å²) in [6.45, 7) is 3.15. The highest BCUT2D eigenvalue weighted by molar-refractivity contribution is 6.27. The van der Waals surface area contributed by atoms with Crippen molar-refractivity contribution in [2.24, 2.45) is 0 Å². The van der Waals surface area contributed by atoms with Crippen LogP contribution >= 0.6 is 11.6 Å². The molecule has 0 aromatic heterocycles. The first-order valence-corrected chi connectivity index (χ1v) is 6.23. The molecule has 0 spiro atoms. The monoisotopic (exact) mass is 191 g/mol. The van der Waals surface area contributed by atoms with E-state index in [1.54, 1.807) is 0 Å². The van der Waals surface area contributed by atoms with E-state index in [0.29, 0.717) is 0 Å². The molecule has 0 saturated carbocycles. The lowest BCUT2D eigenvalue weighted by Crippen LogP contribution is -1.99. The van der Waals surface area contributed by atoms with E-state index in [4.69, 9.17) is 15.4 Å². The van der Waals surface area contributed by atoms with Crippen molar-refractivity contribution in [3.63, 3.8) is 0 Å². The van der Waals surface area contributed by atoms with Crippen LogP contribution in [0, 0.1) is 0 Å². The number of rotatable bonds is 8. The number of halogens is 1. The smallest absolute Gasteiger partial charge is 0.423 e. The maximum Gasteiger partial charge on any atom is 0.423 e. The quantitative estimate of drug-likeness (QED) is 0.326. The fourth-order valence-electron chi connectivity index (χ4n) is 0.716. The zero-order valence-electron chi connectivity index (χ0n) is 7.31. The average molecular weight is 192 g/mol. The van der Waals surface area contributed by atoms with Gasteiger partial charge in [-0.1, -0.05) is 25.0 Å². The Kier molecular flexibility index (Phi) is 11.5. The Bertz CT molecular complexity index is 63.1. The third-order valence-corrected chi connectivity index (χ3v) is 2.82. The molecule has 0 rings (SSSR count). The Morgan fingerprint density at radius 3 is 2.73 bits per heavy atom. The number of hydrogen-bond acceptors (Lipinski definition) is 1. The van der Waals surface area contributed by atoms with Crippen molar-refractivity contribution in [3.05, 3.63) is 0 Å². The molecule has 0 N–H and O–H groups in total. The molecule has 65 valence electrons. The van der Waals surface area contributed by atoms with Crippen LogP contribution in [0.5, 0.6) is 0 Å². The van der Waals surface area contributed by atoms with E-state index in [9.17, 15) is 0 Å². The van der Waals surface area contributed by atoms with E-state index in [0.717, 1.165) is 18.9 Å². The van der Waals surface area contributed by atoms with Crippen molar-refractivity contribution in [1.82, 2.24) is 0 Å². The minimum atomic E-state index is 0.253. The Labute approximate surface area is 81.5 Å². The van der Waals surface area contributed by atoms with Crippen molar-refractivity contribution < 1.29 is 3.79 Å². The topological polar surface area (TPSA) is 9.23 Å². The van der Waals surface area contributed by atoms with Gasteiger partial charge in [-0.25, -0.2) is 0 Å². The molecule has 0 aliphatic heterocycles. The van der Waals surface area contributed by atoms with Gasteiger partial charge < -0.3 is 3.79 Å². The van der Waals surface area contributed by atoms with Crippen LogP contribution in [0.3, 0.4) is 0 Å². The molecule has 0 aromatic carbocycles. The highest BCUT2D eigenvalue weighted by atomic mass is 35.5. The second-order valence-corrected chi connectivity index (χ2v) is 4.20. The first-order valence-electron chi connectivity index (χ1n) is 4.41. The molecule has 0 atom stereocenters. The number of hydrogen-bond donors (Lipinski definition) is 0. The second-order valence-electron chi connectivity index (χ2n) is 2.58. The molecule has 1 nitrogen and oxygen atoms in total. The molecular weight excluding hydrogens is 175 g/mol. The van der Waals surface area contributed by atoms with Gasteiger partial charge in [0.2, 0.25) is 0 Å². The lowest BCUT2D eigenvalue weighted by atomic mass is 10.4. The van der Waals surface area contributed by atoms with Gasteiger partial charge in [0.05, 0.1) is 0 Å². The van der Waals surface area contributed by atoms with E-state index in [1.165, 1.54) is 24.5 Å². The van der Waals surface area contributed by atoms with Crippen LogP contribution in [0.15, 0.2) is 0 Å². The van der Waals surface area contributed by atoms with E-state index in [2.05, 4.69) is 6.92 Å². The third-order valence-electron chi connectivity index (χ3n) is 1.44. The predicted molar refractivity (Wildman–Crippen MR) is 51.4 cm³/mol. The van der Waals surface area contributed by atoms with Gasteiger partial charge in [-0.2, -0.15) is 0 Å². The number of alkyl halides is 1. The zero-order valence-corrected chi connectivity index (χ0v) is 9.22. The third kappa shape index (κ3) is 10.8. The molecule has 0 saturated heterocycles. The molecule has 0 aliphatic rings. The van der Waals surface area contributed by atoms with Gasteiger partial charge in [0, 0.05) is 12.5 Å². The van der Waals surface area contributed by atoms with Gasteiger partial charge in [0.25, 0.3) is 0 Å². The van der Waals surface area contributed by atoms with Crippen LogP contribution in [-0.2, 0) is 3.79 Å². The van der Waals surface area contributed by atoms with Crippen LogP contribution in [0.2, 0.25) is 5.28 Å². The molecule has 0 heterocycles. The zero-order chi connectivity index (χ0) is 8.36. The fraction of sp³-hybridized carbons (Fsp3) is 1.00. The van der Waals surface area contributed by atoms with Crippen molar-refractivity contribution in [2.45, 2.75) is 37.9 Å². The number of unbranched alkanes of at least 4 members (excludes halogenated alkanes) is 2. The van der Waals surface area contributed by atoms with E-state index in [-0.39, 0.29) is 15.6 Å². The lowest BCUT2D eigenvalue weighted by Gasteiger charge is -2.00. The summed E-state index contributed by atoms with van der Waals surface area (Å²) < 4.78 is 5.46. The van der Waals surface area contributed by atoms with Gasteiger partial charge in [0.15, 0.2) is 0 Å². The standard InChI is InChI=1S/C4H8Cl.C4H9O.Al/c2*1-2-3-4-5;/h1-4H2;2-4H2,1H3;/q;-1;+1. The van der Waals surface area contributed by atoms with Gasteiger partial charge in [-0.05, 0) is 12.8 Å². The lowest BCUT2D eigenvalue weighted by molar-refractivity contribution is 0.325. The van der Waals surface area contributed by atoms with Crippen molar-refractivity contribution in [3.8, 4) is 0 Å². The van der Waals surface area contributed by atoms with E-state index < -0.39 is 0 Å². The first kappa shape index (κ1) is 11.8. The molecule has 0 aliphatic carbocycles. The van der Waals surface area contributed by atoms with Gasteiger partial charge >= 0.3 is 15.6 Å². The Hall–Kier alpha value is 0.782. The molecule has 0 amide bonds. The van der Waals surface area contributed by atoms with Gasteiger partial charge in [-0.3, -0.25) is 0 Å². The fourth-order valence-corrected chi connectivity index (χ4v) is 1.86. The van der Waals surface area contributed by atoms with Crippen LogP contribution in [0.25, 0.3) is 0 Å². The summed E-state index contributed by atoms with van der Waals surface area (Å²) in [5.74, 6) is 0.800. The molecule has 0 bridgehead atoms. The summed E-state index contributed by atoms with van der Waals surface area (Å²) in [5.41, 5.74) is 0. The Balaban J connectivity index is 2.69. The highest BCUT2D eigenvalue weighted by Gasteiger charge is 1.93. The minimum Gasteiger partial charge on any atom is -0.507 e. The molecule has 0 aromatic rings. The van der Waals surface area contributed by atoms with Crippen molar-refractivity contribution in [2.75, 3.05) is 12.5 Å². The van der Waals surface area contributed by atoms with Crippen LogP contribution in [0.4, 0.5) is 0 Å². The van der Waals surface area contributed by atoms with Gasteiger partial charge in [-0.15, -0.1) is 11.6 Å². The maximum absolute atomic E-state index is 5.53. The summed E-state index contributed by atoms with van der Waals surface area (Å²) in [7, 11) is 0. The predicted octanol–water partition coefficient (Wildman–Crippen LogP) is 2.86. The van der Waals surface area contributed by atoms with E-state index >= 15 is 0 Å². The molecular formula is C8H17AlClO. The molecule has 1 radical (unpaired) electrons. The van der Waals surface area contributed by atoms with Crippen molar-refractivity contribution >= 4 is 27.2 Å². The average Bonchev–Trinajstić information content (AvgIpc) is 2.03. The molecule has 0 unspecified atom stereocenters. The van der Waals surface area contributed by atoms with E-state index in [1.807, 2.05) is 0 Å². The summed E-state index contributed by atoms with van der Waals surface area (Å²) in [6, 6.07) is 0. The van der Waals surface area contributed by atoms with Crippen molar-refractivity contribution in [1.29, 1.82) is 0 Å². The maximum atomic E-state index is 5.53. The van der Waals surface area contributed by atoms with Crippen LogP contribution < -0.4 is 0 Å².